The molecule has 0 radical (unpaired) electrons. The first kappa shape index (κ1) is 88.5. The fourth-order valence-electron chi connectivity index (χ4n) is 13.3. The minimum Gasteiger partial charge on any atom is -0.756 e. The summed E-state index contributed by atoms with van der Waals surface area (Å²) in [4.78, 5) is 25.7. The largest absolute Gasteiger partial charge is 0.756 e. The van der Waals surface area contributed by atoms with E-state index in [0.29, 0.717) is 23.9 Å². The molecule has 534 valence electrons. The Balaban J connectivity index is 3.86. The van der Waals surface area contributed by atoms with E-state index in [1.165, 1.54) is 392 Å². The zero-order valence-electron chi connectivity index (χ0n) is 61.4. The van der Waals surface area contributed by atoms with Crippen molar-refractivity contribution in [3.8, 4) is 0 Å². The summed E-state index contributed by atoms with van der Waals surface area (Å²) in [7, 11) is 1.34. The van der Waals surface area contributed by atoms with Gasteiger partial charge in [-0.2, -0.15) is 0 Å². The molecule has 0 aromatic heterocycles. The Labute approximate surface area is 559 Å². The number of carbonyl (C=O) groups is 1. The molecular weight excluding hydrogens is 1120 g/mol. The number of rotatable bonds is 78. The van der Waals surface area contributed by atoms with Crippen LogP contribution in [-0.2, 0) is 18.4 Å². The van der Waals surface area contributed by atoms with Gasteiger partial charge in [-0.1, -0.05) is 438 Å². The van der Waals surface area contributed by atoms with Crippen molar-refractivity contribution in [3.05, 3.63) is 0 Å². The molecule has 2 N–H and O–H groups in total. The molecule has 0 rings (SSSR count). The maximum Gasteiger partial charge on any atom is 0.268 e. The molecule has 0 spiro atoms. The average Bonchev–Trinajstić information content (AvgIpc) is 3.55. The number of unbranched alkanes of at least 4 members (excludes halogenated alkanes) is 65. The molecule has 0 aliphatic rings. The molecule has 0 aliphatic carbocycles. The third-order valence-corrected chi connectivity index (χ3v) is 20.6. The van der Waals surface area contributed by atoms with E-state index in [1.807, 2.05) is 21.1 Å². The molecular formula is C80H163N2O6P. The summed E-state index contributed by atoms with van der Waals surface area (Å²) in [6, 6.07) is -0.798. The first-order valence-electron chi connectivity index (χ1n) is 40.9. The van der Waals surface area contributed by atoms with Crippen molar-refractivity contribution in [2.24, 2.45) is 0 Å². The maximum absolute atomic E-state index is 13.1. The predicted octanol–water partition coefficient (Wildman–Crippen LogP) is 26.0. The van der Waals surface area contributed by atoms with Crippen molar-refractivity contribution >= 4 is 13.7 Å². The van der Waals surface area contributed by atoms with Crippen LogP contribution in [-0.4, -0.2) is 68.5 Å². The van der Waals surface area contributed by atoms with E-state index in [0.717, 1.165) is 38.5 Å². The van der Waals surface area contributed by atoms with E-state index in [4.69, 9.17) is 9.05 Å². The van der Waals surface area contributed by atoms with Gasteiger partial charge in [0.15, 0.2) is 0 Å². The van der Waals surface area contributed by atoms with Crippen LogP contribution < -0.4 is 10.2 Å². The van der Waals surface area contributed by atoms with Crippen LogP contribution in [0.5, 0.6) is 0 Å². The Morgan fingerprint density at radius 2 is 0.551 bits per heavy atom. The number of aliphatic hydroxyl groups excluding tert-OH is 1. The molecule has 0 aliphatic heterocycles. The number of likely N-dealkylation sites (N-methyl/N-ethyl adjacent to an activating group) is 1. The number of hydrogen-bond donors (Lipinski definition) is 2. The van der Waals surface area contributed by atoms with Gasteiger partial charge in [0.25, 0.3) is 7.82 Å². The number of nitrogens with zero attached hydrogens (tertiary/aromatic N) is 1. The van der Waals surface area contributed by atoms with E-state index in [1.54, 1.807) is 0 Å². The standard InChI is InChI=1S/C80H163N2O6P/c1-6-8-10-12-14-16-18-20-22-24-26-28-30-32-34-36-37-38-39-40-41-42-43-44-45-46-48-50-52-54-56-58-60-62-64-66-68-70-72-74-80(84)81-78(77-88-89(85,86)87-76-75-82(3,4)5)79(83)73-71-69-67-65-63-61-59-57-55-53-51-49-47-35-33-31-29-27-25-23-21-19-17-15-13-11-9-7-2/h78-79,83H,6-77H2,1-5H3,(H-,81,84,85,86). The zero-order chi connectivity index (χ0) is 64.8. The normalized spacial score (nSPS) is 13.4. The highest BCUT2D eigenvalue weighted by atomic mass is 31.2. The SMILES string of the molecule is CCCCCCCCCCCCCCCCCCCCCCCCCCCCCCCCCCCCCCCCCC(=O)NC(COP(=O)([O-])OCC[N+](C)(C)C)C(O)CCCCCCCCCCCCCCCCCCCCCCCCCCCCCC. The molecule has 0 heterocycles. The minimum absolute atomic E-state index is 0.0171. The summed E-state index contributed by atoms with van der Waals surface area (Å²) >= 11 is 0. The Bertz CT molecular complexity index is 1410. The van der Waals surface area contributed by atoms with Gasteiger partial charge in [0.2, 0.25) is 5.91 Å². The highest BCUT2D eigenvalue weighted by Gasteiger charge is 2.24. The van der Waals surface area contributed by atoms with Gasteiger partial charge in [-0.25, -0.2) is 0 Å². The summed E-state index contributed by atoms with van der Waals surface area (Å²) in [5.74, 6) is -0.152. The third-order valence-electron chi connectivity index (χ3n) is 19.6. The second kappa shape index (κ2) is 71.8. The lowest BCUT2D eigenvalue weighted by molar-refractivity contribution is -0.870. The third kappa shape index (κ3) is 74.8. The molecule has 3 atom stereocenters. The monoisotopic (exact) mass is 1280 g/mol. The first-order valence-corrected chi connectivity index (χ1v) is 42.3. The lowest BCUT2D eigenvalue weighted by atomic mass is 10.0. The van der Waals surface area contributed by atoms with Gasteiger partial charge in [0.1, 0.15) is 13.2 Å². The number of amides is 1. The van der Waals surface area contributed by atoms with Crippen LogP contribution in [0.15, 0.2) is 0 Å². The number of phosphoric acid groups is 1. The molecule has 3 unspecified atom stereocenters. The van der Waals surface area contributed by atoms with Crippen molar-refractivity contribution in [1.29, 1.82) is 0 Å². The zero-order valence-corrected chi connectivity index (χ0v) is 62.3. The smallest absolute Gasteiger partial charge is 0.268 e. The Morgan fingerprint density at radius 3 is 0.764 bits per heavy atom. The minimum atomic E-state index is -4.58. The van der Waals surface area contributed by atoms with Crippen LogP contribution in [0.25, 0.3) is 0 Å². The molecule has 1 amide bonds. The van der Waals surface area contributed by atoms with Gasteiger partial charge in [-0.15, -0.1) is 0 Å². The van der Waals surface area contributed by atoms with Crippen molar-refractivity contribution < 1.29 is 32.9 Å². The summed E-state index contributed by atoms with van der Waals surface area (Å²) in [5.41, 5.74) is 0. The van der Waals surface area contributed by atoms with E-state index >= 15 is 0 Å². The maximum atomic E-state index is 13.1. The number of quaternary nitrogens is 1. The van der Waals surface area contributed by atoms with E-state index in [9.17, 15) is 19.4 Å². The number of hydrogen-bond acceptors (Lipinski definition) is 6. The van der Waals surface area contributed by atoms with Crippen LogP contribution in [0.2, 0.25) is 0 Å². The van der Waals surface area contributed by atoms with E-state index in [-0.39, 0.29) is 19.1 Å². The van der Waals surface area contributed by atoms with Gasteiger partial charge in [-0.3, -0.25) is 9.36 Å². The van der Waals surface area contributed by atoms with E-state index in [2.05, 4.69) is 19.2 Å². The Kier molecular flexibility index (Phi) is 71.4. The topological polar surface area (TPSA) is 108 Å². The molecule has 0 aromatic rings. The molecule has 8 nitrogen and oxygen atoms in total. The number of phosphoric ester groups is 1. The fourth-order valence-corrected chi connectivity index (χ4v) is 14.0. The van der Waals surface area contributed by atoms with Crippen molar-refractivity contribution in [2.75, 3.05) is 40.9 Å². The first-order chi connectivity index (χ1) is 43.5. The van der Waals surface area contributed by atoms with Crippen LogP contribution >= 0.6 is 7.82 Å². The molecule has 0 aromatic carbocycles. The highest BCUT2D eigenvalue weighted by Crippen LogP contribution is 2.38. The molecule has 0 saturated carbocycles. The molecule has 89 heavy (non-hydrogen) atoms. The average molecular weight is 1280 g/mol. The predicted molar refractivity (Wildman–Crippen MR) is 390 cm³/mol. The fraction of sp³-hybridized carbons (Fsp3) is 0.988. The second-order valence-corrected chi connectivity index (χ2v) is 31.3. The lowest BCUT2D eigenvalue weighted by Gasteiger charge is -2.30. The summed E-state index contributed by atoms with van der Waals surface area (Å²) in [6.07, 6.45) is 92.4. The number of aliphatic hydroxyl groups is 1. The van der Waals surface area contributed by atoms with Crippen LogP contribution in [0.4, 0.5) is 0 Å². The lowest BCUT2D eigenvalue weighted by Crippen LogP contribution is -2.46. The van der Waals surface area contributed by atoms with Crippen LogP contribution in [0.3, 0.4) is 0 Å². The number of nitrogens with one attached hydrogen (secondary N) is 1. The van der Waals surface area contributed by atoms with Crippen molar-refractivity contribution in [2.45, 2.75) is 469 Å². The van der Waals surface area contributed by atoms with Crippen LogP contribution in [0.1, 0.15) is 457 Å². The summed E-state index contributed by atoms with van der Waals surface area (Å²) < 4.78 is 23.6. The van der Waals surface area contributed by atoms with E-state index < -0.39 is 20.0 Å². The van der Waals surface area contributed by atoms with Gasteiger partial charge in [-0.05, 0) is 12.8 Å². The Hall–Kier alpha value is -0.500. The quantitative estimate of drug-likeness (QED) is 0.0357. The van der Waals surface area contributed by atoms with Gasteiger partial charge in [0, 0.05) is 6.42 Å². The van der Waals surface area contributed by atoms with Crippen molar-refractivity contribution in [3.63, 3.8) is 0 Å². The molecule has 0 bridgehead atoms. The molecule has 9 heteroatoms. The molecule has 0 fully saturated rings. The van der Waals surface area contributed by atoms with Crippen LogP contribution in [0, 0.1) is 0 Å². The number of carbonyl (C=O) groups excluding carboxylic acids is 1. The van der Waals surface area contributed by atoms with Gasteiger partial charge >= 0.3 is 0 Å². The summed E-state index contributed by atoms with van der Waals surface area (Å²) in [6.45, 7) is 4.81. The highest BCUT2D eigenvalue weighted by molar-refractivity contribution is 7.45. The second-order valence-electron chi connectivity index (χ2n) is 29.9. The van der Waals surface area contributed by atoms with Gasteiger partial charge < -0.3 is 28.8 Å². The summed E-state index contributed by atoms with van der Waals surface area (Å²) in [5, 5.41) is 14.2. The molecule has 0 saturated heterocycles. The van der Waals surface area contributed by atoms with Crippen molar-refractivity contribution in [1.82, 2.24) is 5.32 Å². The Morgan fingerprint density at radius 1 is 0.348 bits per heavy atom. The van der Waals surface area contributed by atoms with Gasteiger partial charge in [0.05, 0.1) is 39.9 Å².